The Morgan fingerprint density at radius 3 is 2.62 bits per heavy atom. The molecule has 0 spiro atoms. The summed E-state index contributed by atoms with van der Waals surface area (Å²) in [4.78, 5) is 4.44. The Balaban J connectivity index is 1.98. The summed E-state index contributed by atoms with van der Waals surface area (Å²) in [6.07, 6.45) is -2.02. The molecule has 1 aliphatic heterocycles. The molecule has 1 aromatic carbocycles. The summed E-state index contributed by atoms with van der Waals surface area (Å²) in [5.74, 6) is 0. The van der Waals surface area contributed by atoms with E-state index >= 15 is 0 Å². The SMILES string of the molecule is CO[C@@H]1O[C@H](CO)[C@@H](O)[C@H](O)[C@H]1N=C1c2ccccc2C=CC1O. The zero-order chi connectivity index (χ0) is 17.3. The molecule has 7 nitrogen and oxygen atoms in total. The van der Waals surface area contributed by atoms with Crippen LogP contribution in [0.4, 0.5) is 0 Å². The van der Waals surface area contributed by atoms with E-state index in [0.29, 0.717) is 5.71 Å². The van der Waals surface area contributed by atoms with Gasteiger partial charge in [-0.3, -0.25) is 4.99 Å². The topological polar surface area (TPSA) is 112 Å². The molecule has 7 heteroatoms. The molecular formula is C17H21NO6. The number of nitrogens with zero attached hydrogens (tertiary/aromatic N) is 1. The predicted molar refractivity (Wildman–Crippen MR) is 86.6 cm³/mol. The maximum atomic E-state index is 10.4. The summed E-state index contributed by atoms with van der Waals surface area (Å²) >= 11 is 0. The molecule has 1 aromatic rings. The minimum Gasteiger partial charge on any atom is -0.394 e. The van der Waals surface area contributed by atoms with Crippen LogP contribution in [0.2, 0.25) is 0 Å². The monoisotopic (exact) mass is 335 g/mol. The molecular weight excluding hydrogens is 314 g/mol. The first-order valence-corrected chi connectivity index (χ1v) is 7.75. The smallest absolute Gasteiger partial charge is 0.182 e. The van der Waals surface area contributed by atoms with Crippen LogP contribution < -0.4 is 0 Å². The standard InChI is InChI=1S/C17H21NO6/c1-23-17-14(16(22)15(21)12(8-19)24-17)18-13-10-5-3-2-4-9(10)6-7-11(13)20/h2-7,11-12,14-17,19-22H,8H2,1H3/t11?,12-,14-,15-,16-,17-/m1/s1. The van der Waals surface area contributed by atoms with E-state index in [1.165, 1.54) is 7.11 Å². The highest BCUT2D eigenvalue weighted by Crippen LogP contribution is 2.27. The van der Waals surface area contributed by atoms with Gasteiger partial charge in [0.1, 0.15) is 30.5 Å². The fourth-order valence-electron chi connectivity index (χ4n) is 3.03. The average molecular weight is 335 g/mol. The summed E-state index contributed by atoms with van der Waals surface area (Å²) in [5, 5.41) is 40.0. The number of aliphatic hydroxyl groups is 4. The molecule has 1 fully saturated rings. The minimum absolute atomic E-state index is 0.373. The molecule has 3 rings (SSSR count). The predicted octanol–water partition coefficient (Wildman–Crippen LogP) is -0.683. The Morgan fingerprint density at radius 2 is 1.92 bits per heavy atom. The second kappa shape index (κ2) is 7.10. The lowest BCUT2D eigenvalue weighted by atomic mass is 9.92. The van der Waals surface area contributed by atoms with E-state index in [1.807, 2.05) is 24.3 Å². The van der Waals surface area contributed by atoms with Crippen molar-refractivity contribution in [2.75, 3.05) is 13.7 Å². The normalized spacial score (nSPS) is 37.5. The number of hydrogen-bond donors (Lipinski definition) is 4. The van der Waals surface area contributed by atoms with Crippen molar-refractivity contribution in [2.24, 2.45) is 4.99 Å². The molecule has 0 radical (unpaired) electrons. The van der Waals surface area contributed by atoms with Gasteiger partial charge in [0.15, 0.2) is 6.29 Å². The lowest BCUT2D eigenvalue weighted by molar-refractivity contribution is -0.257. The van der Waals surface area contributed by atoms with Gasteiger partial charge >= 0.3 is 0 Å². The van der Waals surface area contributed by atoms with Crippen molar-refractivity contribution >= 4 is 11.8 Å². The number of methoxy groups -OCH3 is 1. The van der Waals surface area contributed by atoms with Gasteiger partial charge < -0.3 is 29.9 Å². The van der Waals surface area contributed by atoms with Gasteiger partial charge in [0.2, 0.25) is 0 Å². The minimum atomic E-state index is -1.30. The van der Waals surface area contributed by atoms with Crippen LogP contribution in [0.1, 0.15) is 11.1 Å². The van der Waals surface area contributed by atoms with Gasteiger partial charge in [0.25, 0.3) is 0 Å². The van der Waals surface area contributed by atoms with E-state index in [9.17, 15) is 20.4 Å². The summed E-state index contributed by atoms with van der Waals surface area (Å²) in [6, 6.07) is 6.50. The third kappa shape index (κ3) is 3.02. The zero-order valence-corrected chi connectivity index (χ0v) is 13.2. The van der Waals surface area contributed by atoms with Crippen molar-refractivity contribution < 1.29 is 29.9 Å². The van der Waals surface area contributed by atoms with Crippen LogP contribution >= 0.6 is 0 Å². The highest BCUT2D eigenvalue weighted by Gasteiger charge is 2.45. The Labute approximate surface area is 139 Å². The van der Waals surface area contributed by atoms with E-state index in [-0.39, 0.29) is 0 Å². The summed E-state index contributed by atoms with van der Waals surface area (Å²) in [7, 11) is 1.39. The molecule has 1 unspecified atom stereocenters. The number of hydrogen-bond acceptors (Lipinski definition) is 7. The summed E-state index contributed by atoms with van der Waals surface area (Å²) in [5.41, 5.74) is 2.02. The maximum Gasteiger partial charge on any atom is 0.182 e. The van der Waals surface area contributed by atoms with E-state index in [0.717, 1.165) is 11.1 Å². The van der Waals surface area contributed by atoms with E-state index < -0.39 is 43.4 Å². The van der Waals surface area contributed by atoms with E-state index in [1.54, 1.807) is 12.2 Å². The Kier molecular flexibility index (Phi) is 5.09. The number of benzene rings is 1. The van der Waals surface area contributed by atoms with Gasteiger partial charge in [-0.15, -0.1) is 0 Å². The summed E-state index contributed by atoms with van der Waals surface area (Å²) in [6.45, 7) is -0.449. The van der Waals surface area contributed by atoms with E-state index in [2.05, 4.69) is 4.99 Å². The zero-order valence-electron chi connectivity index (χ0n) is 13.2. The van der Waals surface area contributed by atoms with Crippen LogP contribution in [0.25, 0.3) is 6.08 Å². The number of rotatable bonds is 3. The number of aliphatic imine (C=N–C) groups is 1. The Hall–Kier alpha value is -1.61. The van der Waals surface area contributed by atoms with Crippen LogP contribution in [-0.2, 0) is 9.47 Å². The molecule has 1 heterocycles. The number of aliphatic hydroxyl groups excluding tert-OH is 4. The molecule has 2 aliphatic rings. The van der Waals surface area contributed by atoms with Crippen molar-refractivity contribution in [3.05, 3.63) is 41.5 Å². The lowest BCUT2D eigenvalue weighted by Gasteiger charge is -2.40. The molecule has 130 valence electrons. The average Bonchev–Trinajstić information content (AvgIpc) is 2.61. The maximum absolute atomic E-state index is 10.4. The first kappa shape index (κ1) is 17.2. The second-order valence-corrected chi connectivity index (χ2v) is 5.84. The first-order chi connectivity index (χ1) is 11.6. The molecule has 24 heavy (non-hydrogen) atoms. The van der Waals surface area contributed by atoms with Crippen LogP contribution in [0, 0.1) is 0 Å². The van der Waals surface area contributed by atoms with Crippen molar-refractivity contribution in [2.45, 2.75) is 36.7 Å². The molecule has 0 amide bonds. The highest BCUT2D eigenvalue weighted by atomic mass is 16.7. The third-order valence-corrected chi connectivity index (χ3v) is 4.34. The molecule has 1 saturated heterocycles. The van der Waals surface area contributed by atoms with Gasteiger partial charge in [-0.1, -0.05) is 30.3 Å². The second-order valence-electron chi connectivity index (χ2n) is 5.84. The van der Waals surface area contributed by atoms with Crippen molar-refractivity contribution in [1.82, 2.24) is 0 Å². The molecule has 0 bridgehead atoms. The van der Waals surface area contributed by atoms with Gasteiger partial charge in [-0.2, -0.15) is 0 Å². The Bertz CT molecular complexity index is 644. The Morgan fingerprint density at radius 1 is 1.17 bits per heavy atom. The van der Waals surface area contributed by atoms with Crippen molar-refractivity contribution in [1.29, 1.82) is 0 Å². The fourth-order valence-corrected chi connectivity index (χ4v) is 3.03. The summed E-state index contributed by atoms with van der Waals surface area (Å²) < 4.78 is 10.7. The van der Waals surface area contributed by atoms with Crippen molar-refractivity contribution in [3.8, 4) is 0 Å². The number of fused-ring (bicyclic) bond motifs is 1. The van der Waals surface area contributed by atoms with Crippen LogP contribution in [0.3, 0.4) is 0 Å². The highest BCUT2D eigenvalue weighted by molar-refractivity contribution is 6.09. The van der Waals surface area contributed by atoms with Crippen LogP contribution in [0.5, 0.6) is 0 Å². The van der Waals surface area contributed by atoms with Crippen LogP contribution in [-0.4, -0.2) is 76.6 Å². The van der Waals surface area contributed by atoms with Crippen LogP contribution in [0.15, 0.2) is 35.3 Å². The van der Waals surface area contributed by atoms with Gasteiger partial charge in [-0.25, -0.2) is 0 Å². The number of ether oxygens (including phenoxy) is 2. The van der Waals surface area contributed by atoms with Gasteiger partial charge in [0, 0.05) is 12.7 Å². The van der Waals surface area contributed by atoms with Gasteiger partial charge in [0.05, 0.1) is 12.3 Å². The quantitative estimate of drug-likeness (QED) is 0.582. The molecule has 0 aromatic heterocycles. The fraction of sp³-hybridized carbons (Fsp3) is 0.471. The lowest BCUT2D eigenvalue weighted by Crippen LogP contribution is -2.58. The van der Waals surface area contributed by atoms with E-state index in [4.69, 9.17) is 9.47 Å². The molecule has 6 atom stereocenters. The van der Waals surface area contributed by atoms with Gasteiger partial charge in [-0.05, 0) is 11.6 Å². The van der Waals surface area contributed by atoms with Crippen molar-refractivity contribution in [3.63, 3.8) is 0 Å². The molecule has 0 saturated carbocycles. The first-order valence-electron chi connectivity index (χ1n) is 7.75. The largest absolute Gasteiger partial charge is 0.394 e. The molecule has 1 aliphatic carbocycles. The third-order valence-electron chi connectivity index (χ3n) is 4.34. The molecule has 4 N–H and O–H groups in total.